The second kappa shape index (κ2) is 5.03. The molecule has 4 heteroatoms. The van der Waals surface area contributed by atoms with Crippen molar-refractivity contribution in [2.75, 3.05) is 4.81 Å². The zero-order valence-electron chi connectivity index (χ0n) is 16.3. The van der Waals surface area contributed by atoms with Crippen LogP contribution in [-0.4, -0.2) is 11.5 Å². The minimum atomic E-state index is 0.109. The summed E-state index contributed by atoms with van der Waals surface area (Å²) in [7, 11) is 0. The molecular formula is C26H17BN3+. The lowest BCUT2D eigenvalue weighted by Crippen LogP contribution is -2.71. The molecule has 0 N–H and O–H groups in total. The maximum Gasteiger partial charge on any atom is 0.543 e. The van der Waals surface area contributed by atoms with Crippen molar-refractivity contribution in [1.29, 1.82) is 0 Å². The van der Waals surface area contributed by atoms with Gasteiger partial charge in [0.25, 0.3) is 5.82 Å². The Morgan fingerprint density at radius 1 is 0.700 bits per heavy atom. The molecular weight excluding hydrogens is 365 g/mol. The molecule has 0 atom stereocenters. The molecule has 5 aromatic rings. The Morgan fingerprint density at radius 3 is 2.43 bits per heavy atom. The van der Waals surface area contributed by atoms with Gasteiger partial charge in [-0.2, -0.15) is 0 Å². The maximum atomic E-state index is 2.57. The van der Waals surface area contributed by atoms with Crippen LogP contribution < -0.4 is 14.8 Å². The fourth-order valence-corrected chi connectivity index (χ4v) is 5.93. The van der Waals surface area contributed by atoms with Crippen molar-refractivity contribution < 1.29 is 4.48 Å². The number of aromatic nitrogens is 2. The van der Waals surface area contributed by atoms with E-state index in [9.17, 15) is 0 Å². The quantitative estimate of drug-likeness (QED) is 0.356. The predicted molar refractivity (Wildman–Crippen MR) is 121 cm³/mol. The SMILES string of the molecule is c1ccc2c(c1)B1N(c3ccccc3-2)c2cccc3c2-c2n(c4ccccc4[n+]21)C3. The van der Waals surface area contributed by atoms with Gasteiger partial charge in [-0.1, -0.05) is 66.7 Å². The van der Waals surface area contributed by atoms with E-state index in [1.807, 2.05) is 0 Å². The fourth-order valence-electron chi connectivity index (χ4n) is 5.93. The molecule has 0 radical (unpaired) electrons. The Hall–Kier alpha value is -3.79. The van der Waals surface area contributed by atoms with Crippen molar-refractivity contribution >= 4 is 34.9 Å². The predicted octanol–water partition coefficient (Wildman–Crippen LogP) is 4.33. The lowest BCUT2D eigenvalue weighted by Gasteiger charge is -2.38. The Kier molecular flexibility index (Phi) is 2.53. The number of nitrogens with zero attached hydrogens (tertiary/aromatic N) is 3. The van der Waals surface area contributed by atoms with Gasteiger partial charge in [-0.25, -0.2) is 4.57 Å². The van der Waals surface area contributed by atoms with Gasteiger partial charge < -0.3 is 4.81 Å². The number of hydrogen-bond acceptors (Lipinski definition) is 1. The topological polar surface area (TPSA) is 12.1 Å². The highest BCUT2D eigenvalue weighted by Crippen LogP contribution is 2.48. The lowest BCUT2D eigenvalue weighted by atomic mass is 9.58. The van der Waals surface area contributed by atoms with Crippen LogP contribution in [0.2, 0.25) is 0 Å². The highest BCUT2D eigenvalue weighted by atomic mass is 15.3. The van der Waals surface area contributed by atoms with Crippen LogP contribution in [0.3, 0.4) is 0 Å². The second-order valence-electron chi connectivity index (χ2n) is 8.43. The third-order valence-corrected chi connectivity index (χ3v) is 7.04. The zero-order valence-corrected chi connectivity index (χ0v) is 16.3. The molecule has 3 nitrogen and oxygen atoms in total. The number of imidazole rings is 1. The molecule has 0 saturated carbocycles. The number of fused-ring (bicyclic) bond motifs is 11. The van der Waals surface area contributed by atoms with Crippen molar-refractivity contribution in [3.63, 3.8) is 0 Å². The van der Waals surface area contributed by atoms with E-state index < -0.39 is 0 Å². The molecule has 4 heterocycles. The van der Waals surface area contributed by atoms with Gasteiger partial charge in [0, 0.05) is 28.0 Å². The summed E-state index contributed by atoms with van der Waals surface area (Å²) in [5, 5.41) is 0. The summed E-state index contributed by atoms with van der Waals surface area (Å²) in [4.78, 5) is 2.56. The number of hydrogen-bond donors (Lipinski definition) is 0. The molecule has 0 bridgehead atoms. The first kappa shape index (κ1) is 15.1. The van der Waals surface area contributed by atoms with E-state index in [1.54, 1.807) is 0 Å². The van der Waals surface area contributed by atoms with Crippen LogP contribution in [0.15, 0.2) is 91.0 Å². The Morgan fingerprint density at radius 2 is 1.47 bits per heavy atom. The molecule has 8 rings (SSSR count). The van der Waals surface area contributed by atoms with Gasteiger partial charge >= 0.3 is 6.98 Å². The van der Waals surface area contributed by atoms with Crippen molar-refractivity contribution in [1.82, 2.24) is 4.57 Å². The standard InChI is InChI=1S/C26H17BN3/c1-3-11-20-18(9-1)19-10-2-4-12-21(19)29-24-15-7-8-17-16-28-22-13-5-6-14-23(22)30(27(20)29)26(28)25(17)24/h1-15H,16H2/q+1. The average Bonchev–Trinajstić information content (AvgIpc) is 3.34. The first-order valence-corrected chi connectivity index (χ1v) is 10.5. The summed E-state index contributed by atoms with van der Waals surface area (Å²) in [5.41, 5.74) is 12.0. The van der Waals surface area contributed by atoms with Gasteiger partial charge in [0.15, 0.2) is 11.0 Å². The summed E-state index contributed by atoms with van der Waals surface area (Å²) < 4.78 is 5.08. The van der Waals surface area contributed by atoms with E-state index in [2.05, 4.69) is 105 Å². The second-order valence-corrected chi connectivity index (χ2v) is 8.43. The molecule has 0 fully saturated rings. The smallest absolute Gasteiger partial charge is 0.338 e. The van der Waals surface area contributed by atoms with Crippen molar-refractivity contribution in [2.45, 2.75) is 6.54 Å². The van der Waals surface area contributed by atoms with Gasteiger partial charge in [-0.05, 0) is 29.8 Å². The Bertz CT molecular complexity index is 1550. The highest BCUT2D eigenvalue weighted by molar-refractivity contribution is 6.74. The minimum Gasteiger partial charge on any atom is -0.338 e. The molecule has 0 aliphatic carbocycles. The molecule has 0 saturated heterocycles. The lowest BCUT2D eigenvalue weighted by molar-refractivity contribution is -0.494. The molecule has 30 heavy (non-hydrogen) atoms. The molecule has 0 unspecified atom stereocenters. The van der Waals surface area contributed by atoms with Crippen LogP contribution in [0.1, 0.15) is 5.56 Å². The molecule has 4 aromatic carbocycles. The summed E-state index contributed by atoms with van der Waals surface area (Å²) in [6, 6.07) is 33.4. The Balaban J connectivity index is 1.61. The van der Waals surface area contributed by atoms with Crippen LogP contribution in [-0.2, 0) is 6.54 Å². The van der Waals surface area contributed by atoms with Gasteiger partial charge in [0.2, 0.25) is 0 Å². The van der Waals surface area contributed by atoms with Gasteiger partial charge in [0.1, 0.15) is 6.54 Å². The Labute approximate surface area is 174 Å². The van der Waals surface area contributed by atoms with Crippen LogP contribution in [0, 0.1) is 0 Å². The van der Waals surface area contributed by atoms with E-state index in [0.717, 1.165) is 6.54 Å². The van der Waals surface area contributed by atoms with E-state index in [-0.39, 0.29) is 6.98 Å². The number of para-hydroxylation sites is 3. The maximum absolute atomic E-state index is 2.57. The number of rotatable bonds is 0. The van der Waals surface area contributed by atoms with Crippen molar-refractivity contribution in [2.24, 2.45) is 0 Å². The van der Waals surface area contributed by atoms with Crippen LogP contribution >= 0.6 is 0 Å². The molecule has 1 aromatic heterocycles. The van der Waals surface area contributed by atoms with Gasteiger partial charge in [-0.15, -0.1) is 0 Å². The van der Waals surface area contributed by atoms with E-state index in [0.29, 0.717) is 0 Å². The zero-order chi connectivity index (χ0) is 19.4. The third-order valence-electron chi connectivity index (χ3n) is 7.04. The largest absolute Gasteiger partial charge is 0.543 e. The average molecular weight is 382 g/mol. The van der Waals surface area contributed by atoms with Crippen LogP contribution in [0.4, 0.5) is 11.4 Å². The van der Waals surface area contributed by atoms with Crippen LogP contribution in [0.5, 0.6) is 0 Å². The third kappa shape index (κ3) is 1.57. The van der Waals surface area contributed by atoms with Crippen molar-refractivity contribution in [3.05, 3.63) is 96.6 Å². The van der Waals surface area contributed by atoms with E-state index in [1.165, 1.54) is 55.9 Å². The molecule has 3 aliphatic heterocycles. The van der Waals surface area contributed by atoms with E-state index in [4.69, 9.17) is 0 Å². The minimum absolute atomic E-state index is 0.109. The summed E-state index contributed by atoms with van der Waals surface area (Å²) in [6.07, 6.45) is 0. The van der Waals surface area contributed by atoms with Gasteiger partial charge in [0.05, 0.1) is 5.56 Å². The fraction of sp³-hybridized carbons (Fsp3) is 0.0385. The number of benzene rings is 4. The molecule has 138 valence electrons. The van der Waals surface area contributed by atoms with Crippen LogP contribution in [0.25, 0.3) is 33.5 Å². The van der Waals surface area contributed by atoms with Gasteiger partial charge in [-0.3, -0.25) is 4.48 Å². The first-order valence-electron chi connectivity index (χ1n) is 10.5. The molecule has 3 aliphatic rings. The molecule has 0 amide bonds. The first-order chi connectivity index (χ1) is 14.9. The van der Waals surface area contributed by atoms with Crippen molar-refractivity contribution in [3.8, 4) is 22.5 Å². The number of anilines is 2. The summed E-state index contributed by atoms with van der Waals surface area (Å²) in [6.45, 7) is 1.05. The van der Waals surface area contributed by atoms with E-state index >= 15 is 0 Å². The summed E-state index contributed by atoms with van der Waals surface area (Å²) in [5.74, 6) is 1.34. The highest BCUT2D eigenvalue weighted by Gasteiger charge is 2.53. The normalized spacial score (nSPS) is 14.4. The monoisotopic (exact) mass is 382 g/mol. The molecule has 0 spiro atoms. The summed E-state index contributed by atoms with van der Waals surface area (Å²) >= 11 is 0.